The standard InChI is InChI=1S/C10H9Cl2NO3S2/c11-7-3-8(12)5-9(4-7)18(15,16)13-1-2-17-10(13)6-14/h3-6,10H,1-2H2/t10-/m0/s1. The summed E-state index contributed by atoms with van der Waals surface area (Å²) in [5.74, 6) is 0.594. The Balaban J connectivity index is 2.44. The maximum atomic E-state index is 12.3. The van der Waals surface area contributed by atoms with Crippen molar-refractivity contribution in [3.8, 4) is 0 Å². The normalized spacial score (nSPS) is 21.1. The lowest BCUT2D eigenvalue weighted by Gasteiger charge is -2.19. The number of carbonyl (C=O) groups excluding carboxylic acids is 1. The summed E-state index contributed by atoms with van der Waals surface area (Å²) in [6.45, 7) is 0.306. The van der Waals surface area contributed by atoms with Gasteiger partial charge in [-0.1, -0.05) is 23.2 Å². The van der Waals surface area contributed by atoms with Crippen molar-refractivity contribution in [1.29, 1.82) is 0 Å². The number of carbonyl (C=O) groups is 1. The first-order valence-corrected chi connectivity index (χ1v) is 8.24. The highest BCUT2D eigenvalue weighted by molar-refractivity contribution is 8.01. The average Bonchev–Trinajstić information content (AvgIpc) is 2.76. The first-order valence-electron chi connectivity index (χ1n) is 5.00. The Labute approximate surface area is 119 Å². The molecule has 1 aliphatic rings. The number of nitrogens with zero attached hydrogens (tertiary/aromatic N) is 1. The Morgan fingerprint density at radius 2 is 1.89 bits per heavy atom. The van der Waals surface area contributed by atoms with E-state index in [0.717, 1.165) is 4.31 Å². The molecule has 1 atom stereocenters. The second kappa shape index (κ2) is 5.38. The van der Waals surface area contributed by atoms with Crippen LogP contribution in [0.5, 0.6) is 0 Å². The fourth-order valence-electron chi connectivity index (χ4n) is 1.65. The number of rotatable bonds is 3. The second-order valence-electron chi connectivity index (χ2n) is 3.62. The molecule has 4 nitrogen and oxygen atoms in total. The van der Waals surface area contributed by atoms with Gasteiger partial charge in [0.1, 0.15) is 11.7 Å². The molecular weight excluding hydrogens is 317 g/mol. The van der Waals surface area contributed by atoms with Crippen molar-refractivity contribution in [1.82, 2.24) is 4.31 Å². The summed E-state index contributed by atoms with van der Waals surface area (Å²) in [5, 5.41) is -0.182. The van der Waals surface area contributed by atoms with Gasteiger partial charge in [-0.3, -0.25) is 0 Å². The molecule has 8 heteroatoms. The third-order valence-corrected chi connectivity index (χ3v) is 6.00. The van der Waals surface area contributed by atoms with Crippen molar-refractivity contribution < 1.29 is 13.2 Å². The Bertz CT molecular complexity index is 556. The molecular formula is C10H9Cl2NO3S2. The molecule has 1 saturated heterocycles. The molecule has 18 heavy (non-hydrogen) atoms. The van der Waals surface area contributed by atoms with Crippen LogP contribution in [-0.4, -0.2) is 36.7 Å². The van der Waals surface area contributed by atoms with Crippen LogP contribution in [-0.2, 0) is 14.8 Å². The molecule has 0 N–H and O–H groups in total. The topological polar surface area (TPSA) is 54.5 Å². The van der Waals surface area contributed by atoms with Crippen LogP contribution in [0.1, 0.15) is 0 Å². The summed E-state index contributed by atoms with van der Waals surface area (Å²) in [7, 11) is -3.73. The molecule has 0 unspecified atom stereocenters. The summed E-state index contributed by atoms with van der Waals surface area (Å²) in [6, 6.07) is 4.11. The van der Waals surface area contributed by atoms with E-state index in [9.17, 15) is 13.2 Å². The van der Waals surface area contributed by atoms with Gasteiger partial charge in [0.25, 0.3) is 0 Å². The lowest BCUT2D eigenvalue weighted by atomic mass is 10.4. The molecule has 1 heterocycles. The minimum Gasteiger partial charge on any atom is -0.301 e. The molecule has 1 aromatic carbocycles. The quantitative estimate of drug-likeness (QED) is 0.800. The van der Waals surface area contributed by atoms with E-state index in [2.05, 4.69) is 0 Å². The molecule has 0 amide bonds. The van der Waals surface area contributed by atoms with Crippen LogP contribution in [0.25, 0.3) is 0 Å². The first-order chi connectivity index (χ1) is 8.45. The molecule has 1 aromatic rings. The number of thioether (sulfide) groups is 1. The van der Waals surface area contributed by atoms with Crippen LogP contribution in [0, 0.1) is 0 Å². The van der Waals surface area contributed by atoms with Crippen LogP contribution < -0.4 is 0 Å². The van der Waals surface area contributed by atoms with E-state index < -0.39 is 15.4 Å². The molecule has 0 radical (unpaired) electrons. The lowest BCUT2D eigenvalue weighted by Crippen LogP contribution is -2.35. The highest BCUT2D eigenvalue weighted by atomic mass is 35.5. The van der Waals surface area contributed by atoms with Gasteiger partial charge >= 0.3 is 0 Å². The van der Waals surface area contributed by atoms with E-state index >= 15 is 0 Å². The molecule has 2 rings (SSSR count). The summed E-state index contributed by atoms with van der Waals surface area (Å²) in [5.41, 5.74) is 0. The van der Waals surface area contributed by atoms with E-state index in [1.807, 2.05) is 0 Å². The summed E-state index contributed by atoms with van der Waals surface area (Å²) < 4.78 is 25.8. The molecule has 0 bridgehead atoms. The predicted molar refractivity (Wildman–Crippen MR) is 72.7 cm³/mol. The fraction of sp³-hybridized carbons (Fsp3) is 0.300. The maximum Gasteiger partial charge on any atom is 0.244 e. The summed E-state index contributed by atoms with van der Waals surface area (Å²) >= 11 is 12.9. The van der Waals surface area contributed by atoms with Crippen molar-refractivity contribution in [2.24, 2.45) is 0 Å². The number of hydrogen-bond donors (Lipinski definition) is 0. The molecule has 0 aromatic heterocycles. The summed E-state index contributed by atoms with van der Waals surface area (Å²) in [6.07, 6.45) is 0.626. The SMILES string of the molecule is O=C[C@@H]1SCCN1S(=O)(=O)c1cc(Cl)cc(Cl)c1. The second-order valence-corrected chi connectivity index (χ2v) is 7.61. The number of benzene rings is 1. The minimum absolute atomic E-state index is 0.00866. The third-order valence-electron chi connectivity index (χ3n) is 2.44. The zero-order chi connectivity index (χ0) is 13.3. The molecule has 98 valence electrons. The third kappa shape index (κ3) is 2.67. The monoisotopic (exact) mass is 325 g/mol. The zero-order valence-corrected chi connectivity index (χ0v) is 12.2. The van der Waals surface area contributed by atoms with E-state index in [4.69, 9.17) is 23.2 Å². The van der Waals surface area contributed by atoms with Gasteiger partial charge in [-0.05, 0) is 18.2 Å². The lowest BCUT2D eigenvalue weighted by molar-refractivity contribution is -0.108. The maximum absolute atomic E-state index is 12.3. The summed E-state index contributed by atoms with van der Waals surface area (Å²) in [4.78, 5) is 10.9. The number of halogens is 2. The van der Waals surface area contributed by atoms with Crippen LogP contribution >= 0.6 is 35.0 Å². The van der Waals surface area contributed by atoms with E-state index in [0.29, 0.717) is 18.6 Å². The van der Waals surface area contributed by atoms with E-state index in [1.54, 1.807) is 0 Å². The zero-order valence-electron chi connectivity index (χ0n) is 9.05. The van der Waals surface area contributed by atoms with Gasteiger partial charge < -0.3 is 4.79 Å². The Kier molecular flexibility index (Phi) is 4.23. The van der Waals surface area contributed by atoms with Crippen LogP contribution in [0.15, 0.2) is 23.1 Å². The van der Waals surface area contributed by atoms with Gasteiger partial charge in [-0.2, -0.15) is 4.31 Å². The van der Waals surface area contributed by atoms with Gasteiger partial charge in [0, 0.05) is 22.3 Å². The highest BCUT2D eigenvalue weighted by Gasteiger charge is 2.35. The Morgan fingerprint density at radius 1 is 1.28 bits per heavy atom. The largest absolute Gasteiger partial charge is 0.301 e. The number of aldehydes is 1. The van der Waals surface area contributed by atoms with Crippen molar-refractivity contribution in [2.75, 3.05) is 12.3 Å². The molecule has 1 fully saturated rings. The van der Waals surface area contributed by atoms with Gasteiger partial charge in [0.15, 0.2) is 0 Å². The van der Waals surface area contributed by atoms with Crippen LogP contribution in [0.2, 0.25) is 10.0 Å². The number of sulfonamides is 1. The van der Waals surface area contributed by atoms with Gasteiger partial charge in [0.05, 0.1) is 4.90 Å². The first kappa shape index (κ1) is 14.1. The number of hydrogen-bond acceptors (Lipinski definition) is 4. The molecule has 1 aliphatic heterocycles. The van der Waals surface area contributed by atoms with E-state index in [-0.39, 0.29) is 14.9 Å². The smallest absolute Gasteiger partial charge is 0.244 e. The van der Waals surface area contributed by atoms with Gasteiger partial charge in [0.2, 0.25) is 10.0 Å². The minimum atomic E-state index is -3.73. The van der Waals surface area contributed by atoms with E-state index in [1.165, 1.54) is 30.0 Å². The van der Waals surface area contributed by atoms with Crippen molar-refractivity contribution in [3.05, 3.63) is 28.2 Å². The van der Waals surface area contributed by atoms with Crippen LogP contribution in [0.4, 0.5) is 0 Å². The molecule has 0 spiro atoms. The van der Waals surface area contributed by atoms with Gasteiger partial charge in [-0.15, -0.1) is 11.8 Å². The van der Waals surface area contributed by atoms with Crippen molar-refractivity contribution in [2.45, 2.75) is 10.3 Å². The molecule has 0 aliphatic carbocycles. The Morgan fingerprint density at radius 3 is 2.44 bits per heavy atom. The van der Waals surface area contributed by atoms with Crippen LogP contribution in [0.3, 0.4) is 0 Å². The average molecular weight is 326 g/mol. The van der Waals surface area contributed by atoms with Gasteiger partial charge in [-0.25, -0.2) is 8.42 Å². The van der Waals surface area contributed by atoms with Crippen molar-refractivity contribution >= 4 is 51.3 Å². The predicted octanol–water partition coefficient (Wildman–Crippen LogP) is 2.26. The fourth-order valence-corrected chi connectivity index (χ4v) is 5.32. The van der Waals surface area contributed by atoms with Crippen molar-refractivity contribution in [3.63, 3.8) is 0 Å². The Hall–Kier alpha value is -0.270. The highest BCUT2D eigenvalue weighted by Crippen LogP contribution is 2.31. The molecule has 0 saturated carbocycles.